The molecule has 4 rings (SSSR count). The number of anilines is 1. The maximum atomic E-state index is 14.4. The van der Waals surface area contributed by atoms with Gasteiger partial charge < -0.3 is 14.0 Å². The molecule has 0 bridgehead atoms. The first-order valence-corrected chi connectivity index (χ1v) is 12.8. The van der Waals surface area contributed by atoms with E-state index < -0.39 is 11.6 Å². The molecule has 35 heavy (non-hydrogen) atoms. The second-order valence-electron chi connectivity index (χ2n) is 9.00. The number of nitrogens with one attached hydrogen (secondary N) is 1. The third-order valence-corrected chi connectivity index (χ3v) is 7.24. The van der Waals surface area contributed by atoms with E-state index >= 15 is 0 Å². The number of hydrogen-bond donors (Lipinski definition) is 1. The smallest absolute Gasteiger partial charge is 0.253 e. The van der Waals surface area contributed by atoms with E-state index in [1.54, 1.807) is 35.8 Å². The minimum atomic E-state index is -0.782. The number of allylic oxidation sites excluding steroid dienone is 1. The molecule has 1 unspecified atom stereocenters. The highest BCUT2D eigenvalue weighted by Crippen LogP contribution is 2.40. The van der Waals surface area contributed by atoms with E-state index in [4.69, 9.17) is 4.74 Å². The Morgan fingerprint density at radius 3 is 2.57 bits per heavy atom. The van der Waals surface area contributed by atoms with Gasteiger partial charge in [-0.2, -0.15) is 0 Å². The number of ether oxygens (including phenoxy) is 1. The fourth-order valence-electron chi connectivity index (χ4n) is 4.26. The van der Waals surface area contributed by atoms with Crippen LogP contribution in [0.1, 0.15) is 37.8 Å². The van der Waals surface area contributed by atoms with Gasteiger partial charge in [0, 0.05) is 47.4 Å². The molecular formula is C28H30F2N2O2S. The molecule has 0 amide bonds. The Hall–Kier alpha value is -3.06. The molecule has 7 heteroatoms. The van der Waals surface area contributed by atoms with Crippen LogP contribution in [0.15, 0.2) is 53.5 Å². The van der Waals surface area contributed by atoms with Crippen LogP contribution in [0, 0.1) is 30.4 Å². The quantitative estimate of drug-likeness (QED) is 0.327. The van der Waals surface area contributed by atoms with Crippen molar-refractivity contribution in [1.29, 1.82) is 0 Å². The van der Waals surface area contributed by atoms with Gasteiger partial charge in [0.2, 0.25) is 0 Å². The van der Waals surface area contributed by atoms with Gasteiger partial charge in [-0.05, 0) is 67.5 Å². The Balaban J connectivity index is 1.86. The first kappa shape index (κ1) is 25.0. The molecule has 184 valence electrons. The molecule has 1 saturated carbocycles. The highest BCUT2D eigenvalue weighted by atomic mass is 32.2. The standard InChI is InChI=1S/C28H30F2N2O2S/c1-5-35-31-21-10-13-26(34-27-12-9-20(29)14-25(27)30)23(15-21)24-16-32(4)28(33)18(3)22(24)11-8-19-7-6-17(19)2/h8-17,19,31H,5-7H2,1-4H3/b11-8-/t17?,19-/m0/s1. The molecule has 0 spiro atoms. The average molecular weight is 497 g/mol. The Morgan fingerprint density at radius 1 is 1.14 bits per heavy atom. The summed E-state index contributed by atoms with van der Waals surface area (Å²) in [6, 6.07) is 8.78. The lowest BCUT2D eigenvalue weighted by atomic mass is 9.74. The van der Waals surface area contributed by atoms with Crippen molar-refractivity contribution in [2.75, 3.05) is 10.5 Å². The Kier molecular flexibility index (Phi) is 7.65. The van der Waals surface area contributed by atoms with Gasteiger partial charge in [0.1, 0.15) is 11.6 Å². The van der Waals surface area contributed by atoms with Crippen LogP contribution < -0.4 is 15.0 Å². The lowest BCUT2D eigenvalue weighted by Crippen LogP contribution is -2.22. The zero-order valence-corrected chi connectivity index (χ0v) is 21.2. The fourth-order valence-corrected chi connectivity index (χ4v) is 4.69. The molecule has 2 aromatic carbocycles. The molecule has 2 atom stereocenters. The normalized spacial score (nSPS) is 17.4. The van der Waals surface area contributed by atoms with Crippen molar-refractivity contribution in [3.63, 3.8) is 0 Å². The minimum absolute atomic E-state index is 0.0711. The zero-order valence-electron chi connectivity index (χ0n) is 20.4. The van der Waals surface area contributed by atoms with Gasteiger partial charge in [0.05, 0.1) is 0 Å². The van der Waals surface area contributed by atoms with E-state index in [1.807, 2.05) is 32.1 Å². The number of hydrogen-bond acceptors (Lipinski definition) is 4. The molecule has 1 fully saturated rings. The monoisotopic (exact) mass is 496 g/mol. The van der Waals surface area contributed by atoms with E-state index in [9.17, 15) is 13.6 Å². The summed E-state index contributed by atoms with van der Waals surface area (Å²) in [5.74, 6) is 0.879. The average Bonchev–Trinajstić information content (AvgIpc) is 2.83. The lowest BCUT2D eigenvalue weighted by molar-refractivity contribution is 0.252. The molecule has 3 aromatic rings. The molecule has 0 saturated heterocycles. The maximum Gasteiger partial charge on any atom is 0.253 e. The summed E-state index contributed by atoms with van der Waals surface area (Å²) in [4.78, 5) is 12.8. The summed E-state index contributed by atoms with van der Waals surface area (Å²) in [6.07, 6.45) is 8.37. The fraction of sp³-hybridized carbons (Fsp3) is 0.321. The van der Waals surface area contributed by atoms with Gasteiger partial charge >= 0.3 is 0 Å². The van der Waals surface area contributed by atoms with Gasteiger partial charge in [0.15, 0.2) is 11.6 Å². The minimum Gasteiger partial charge on any atom is -0.454 e. The van der Waals surface area contributed by atoms with Crippen LogP contribution in [0.4, 0.5) is 14.5 Å². The van der Waals surface area contributed by atoms with E-state index in [2.05, 4.69) is 17.7 Å². The van der Waals surface area contributed by atoms with Crippen molar-refractivity contribution in [2.45, 2.75) is 33.6 Å². The number of aromatic nitrogens is 1. The lowest BCUT2D eigenvalue weighted by Gasteiger charge is -2.31. The van der Waals surface area contributed by atoms with Crippen molar-refractivity contribution < 1.29 is 13.5 Å². The van der Waals surface area contributed by atoms with Gasteiger partial charge in [-0.1, -0.05) is 37.9 Å². The third kappa shape index (κ3) is 5.45. The van der Waals surface area contributed by atoms with E-state index in [0.29, 0.717) is 28.7 Å². The van der Waals surface area contributed by atoms with Crippen molar-refractivity contribution in [3.8, 4) is 22.6 Å². The predicted octanol–water partition coefficient (Wildman–Crippen LogP) is 7.57. The number of nitrogens with zero attached hydrogens (tertiary/aromatic N) is 1. The number of halogens is 2. The molecule has 1 aliphatic rings. The summed E-state index contributed by atoms with van der Waals surface area (Å²) >= 11 is 1.56. The zero-order chi connectivity index (χ0) is 25.1. The highest BCUT2D eigenvalue weighted by Gasteiger charge is 2.24. The largest absolute Gasteiger partial charge is 0.454 e. The van der Waals surface area contributed by atoms with Crippen LogP contribution in [-0.4, -0.2) is 10.3 Å². The highest BCUT2D eigenvalue weighted by molar-refractivity contribution is 8.00. The molecule has 1 aliphatic carbocycles. The molecule has 1 N–H and O–H groups in total. The van der Waals surface area contributed by atoms with Gasteiger partial charge in [-0.15, -0.1) is 0 Å². The summed E-state index contributed by atoms with van der Waals surface area (Å²) < 4.78 is 38.7. The van der Waals surface area contributed by atoms with Crippen LogP contribution in [-0.2, 0) is 7.05 Å². The SMILES string of the molecule is CCSNc1ccc(Oc2ccc(F)cc2F)c(-c2cn(C)c(=O)c(C)c2/C=C\[C@@H]2CCC2C)c1. The maximum absolute atomic E-state index is 14.4. The summed E-state index contributed by atoms with van der Waals surface area (Å²) in [7, 11) is 1.72. The van der Waals surface area contributed by atoms with E-state index in [0.717, 1.165) is 41.1 Å². The van der Waals surface area contributed by atoms with Crippen LogP contribution in [0.25, 0.3) is 17.2 Å². The first-order valence-electron chi connectivity index (χ1n) is 11.8. The Bertz CT molecular complexity index is 1320. The molecule has 1 heterocycles. The summed E-state index contributed by atoms with van der Waals surface area (Å²) in [5, 5.41) is 0. The molecule has 0 aliphatic heterocycles. The summed E-state index contributed by atoms with van der Waals surface area (Å²) in [5.41, 5.74) is 3.74. The van der Waals surface area contributed by atoms with Crippen LogP contribution in [0.2, 0.25) is 0 Å². The topological polar surface area (TPSA) is 43.3 Å². The molecule has 0 radical (unpaired) electrons. The predicted molar refractivity (Wildman–Crippen MR) is 141 cm³/mol. The molecule has 1 aromatic heterocycles. The van der Waals surface area contributed by atoms with Crippen molar-refractivity contribution in [1.82, 2.24) is 4.57 Å². The van der Waals surface area contributed by atoms with Crippen molar-refractivity contribution >= 4 is 23.7 Å². The summed E-state index contributed by atoms with van der Waals surface area (Å²) in [6.45, 7) is 6.11. The van der Waals surface area contributed by atoms with Crippen LogP contribution >= 0.6 is 11.9 Å². The van der Waals surface area contributed by atoms with Crippen LogP contribution in [0.3, 0.4) is 0 Å². The number of benzene rings is 2. The van der Waals surface area contributed by atoms with Crippen LogP contribution in [0.5, 0.6) is 11.5 Å². The second-order valence-corrected chi connectivity index (χ2v) is 10.1. The van der Waals surface area contributed by atoms with Gasteiger partial charge in [-0.25, -0.2) is 8.78 Å². The van der Waals surface area contributed by atoms with Gasteiger partial charge in [-0.3, -0.25) is 4.79 Å². The second kappa shape index (κ2) is 10.7. The first-order chi connectivity index (χ1) is 16.8. The number of pyridine rings is 1. The molecular weight excluding hydrogens is 466 g/mol. The third-order valence-electron chi connectivity index (χ3n) is 6.57. The van der Waals surface area contributed by atoms with Crippen molar-refractivity contribution in [3.05, 3.63) is 81.8 Å². The van der Waals surface area contributed by atoms with Crippen molar-refractivity contribution in [2.24, 2.45) is 18.9 Å². The molecule has 4 nitrogen and oxygen atoms in total. The number of aryl methyl sites for hydroxylation is 1. The Morgan fingerprint density at radius 2 is 1.91 bits per heavy atom. The van der Waals surface area contributed by atoms with Gasteiger partial charge in [0.25, 0.3) is 5.56 Å². The number of rotatable bonds is 8. The Labute approximate surface area is 209 Å². The van der Waals surface area contributed by atoms with E-state index in [-0.39, 0.29) is 11.3 Å². The van der Waals surface area contributed by atoms with E-state index in [1.165, 1.54) is 12.5 Å².